The van der Waals surface area contributed by atoms with Crippen LogP contribution in [-0.4, -0.2) is 23.6 Å². The first-order chi connectivity index (χ1) is 10.0. The fourth-order valence-corrected chi connectivity index (χ4v) is 2.67. The third-order valence-corrected chi connectivity index (χ3v) is 3.34. The summed E-state index contributed by atoms with van der Waals surface area (Å²) in [5.41, 5.74) is 5.86. The summed E-state index contributed by atoms with van der Waals surface area (Å²) in [5, 5.41) is 3.26. The molecule has 21 heavy (non-hydrogen) atoms. The van der Waals surface area contributed by atoms with Gasteiger partial charge in [0.1, 0.15) is 12.4 Å². The second-order valence-electron chi connectivity index (χ2n) is 5.29. The molecule has 0 aliphatic heterocycles. The van der Waals surface area contributed by atoms with Crippen molar-refractivity contribution >= 4 is 5.82 Å². The van der Waals surface area contributed by atoms with Gasteiger partial charge in [0.05, 0.1) is 5.69 Å². The average molecular weight is 285 g/mol. The lowest BCUT2D eigenvalue weighted by Crippen LogP contribution is -2.06. The van der Waals surface area contributed by atoms with Gasteiger partial charge in [-0.15, -0.1) is 0 Å². The molecule has 2 aromatic rings. The summed E-state index contributed by atoms with van der Waals surface area (Å²) < 4.78 is 5.18. The lowest BCUT2D eigenvalue weighted by atomic mass is 9.97. The molecule has 0 radical (unpaired) electrons. The van der Waals surface area contributed by atoms with Gasteiger partial charge in [0.2, 0.25) is 0 Å². The van der Waals surface area contributed by atoms with Crippen LogP contribution in [0, 0.1) is 20.8 Å². The standard InChI is InChI=1S/C17H23N3O/c1-6-18-15-9-14(19-16(20-15)10-21-5)17-12(3)7-11(2)8-13(17)4/h7-9H,6,10H2,1-5H3,(H,18,19,20). The number of nitrogens with zero attached hydrogens (tertiary/aromatic N) is 2. The Morgan fingerprint density at radius 1 is 1.05 bits per heavy atom. The first-order valence-electron chi connectivity index (χ1n) is 7.24. The van der Waals surface area contributed by atoms with Crippen LogP contribution < -0.4 is 5.32 Å². The van der Waals surface area contributed by atoms with Gasteiger partial charge < -0.3 is 10.1 Å². The minimum absolute atomic E-state index is 0.413. The fourth-order valence-electron chi connectivity index (χ4n) is 2.67. The van der Waals surface area contributed by atoms with E-state index in [1.807, 2.05) is 6.07 Å². The van der Waals surface area contributed by atoms with Crippen LogP contribution in [0.5, 0.6) is 0 Å². The molecular formula is C17H23N3O. The molecule has 0 saturated carbocycles. The number of aromatic nitrogens is 2. The van der Waals surface area contributed by atoms with Crippen LogP contribution in [0.15, 0.2) is 18.2 Å². The van der Waals surface area contributed by atoms with Crippen LogP contribution in [0.1, 0.15) is 29.4 Å². The monoisotopic (exact) mass is 285 g/mol. The van der Waals surface area contributed by atoms with Gasteiger partial charge in [-0.3, -0.25) is 0 Å². The average Bonchev–Trinajstić information content (AvgIpc) is 2.38. The Kier molecular flexibility index (Phi) is 4.91. The Labute approximate surface area is 126 Å². The Balaban J connectivity index is 2.57. The molecule has 0 aliphatic carbocycles. The maximum atomic E-state index is 5.18. The minimum Gasteiger partial charge on any atom is -0.377 e. The van der Waals surface area contributed by atoms with E-state index in [-0.39, 0.29) is 0 Å². The number of benzene rings is 1. The number of nitrogens with one attached hydrogen (secondary N) is 1. The summed E-state index contributed by atoms with van der Waals surface area (Å²) >= 11 is 0. The highest BCUT2D eigenvalue weighted by molar-refractivity contribution is 5.70. The van der Waals surface area contributed by atoms with E-state index in [0.717, 1.165) is 18.1 Å². The minimum atomic E-state index is 0.413. The Bertz CT molecular complexity index is 591. The predicted octanol–water partition coefficient (Wildman–Crippen LogP) is 3.65. The van der Waals surface area contributed by atoms with Crippen molar-refractivity contribution in [3.8, 4) is 11.3 Å². The molecule has 0 saturated heterocycles. The zero-order valence-corrected chi connectivity index (χ0v) is 13.4. The summed E-state index contributed by atoms with van der Waals surface area (Å²) in [5.74, 6) is 1.54. The molecule has 0 aliphatic rings. The lowest BCUT2D eigenvalue weighted by Gasteiger charge is -2.13. The quantitative estimate of drug-likeness (QED) is 0.911. The zero-order chi connectivity index (χ0) is 15.4. The highest BCUT2D eigenvalue weighted by atomic mass is 16.5. The third-order valence-electron chi connectivity index (χ3n) is 3.34. The van der Waals surface area contributed by atoms with E-state index in [2.05, 4.69) is 55.1 Å². The molecule has 0 atom stereocenters. The zero-order valence-electron chi connectivity index (χ0n) is 13.4. The third kappa shape index (κ3) is 3.58. The summed E-state index contributed by atoms with van der Waals surface area (Å²) in [6.45, 7) is 9.66. The van der Waals surface area contributed by atoms with Gasteiger partial charge in [-0.25, -0.2) is 9.97 Å². The summed E-state index contributed by atoms with van der Waals surface area (Å²) in [6.07, 6.45) is 0. The van der Waals surface area contributed by atoms with Gasteiger partial charge in [-0.1, -0.05) is 17.7 Å². The molecule has 112 valence electrons. The Hall–Kier alpha value is -1.94. The van der Waals surface area contributed by atoms with Crippen LogP contribution in [-0.2, 0) is 11.3 Å². The van der Waals surface area contributed by atoms with Crippen molar-refractivity contribution < 1.29 is 4.74 Å². The molecule has 0 unspecified atom stereocenters. The van der Waals surface area contributed by atoms with Gasteiger partial charge in [0.25, 0.3) is 0 Å². The van der Waals surface area contributed by atoms with Crippen LogP contribution in [0.3, 0.4) is 0 Å². The van der Waals surface area contributed by atoms with Gasteiger partial charge in [0.15, 0.2) is 5.82 Å². The second kappa shape index (κ2) is 6.68. The van der Waals surface area contributed by atoms with E-state index in [0.29, 0.717) is 12.4 Å². The summed E-state index contributed by atoms with van der Waals surface area (Å²) in [4.78, 5) is 9.12. The SMILES string of the molecule is CCNc1cc(-c2c(C)cc(C)cc2C)nc(COC)n1. The smallest absolute Gasteiger partial charge is 0.157 e. The second-order valence-corrected chi connectivity index (χ2v) is 5.29. The van der Waals surface area contributed by atoms with E-state index < -0.39 is 0 Å². The van der Waals surface area contributed by atoms with Crippen molar-refractivity contribution in [1.82, 2.24) is 9.97 Å². The van der Waals surface area contributed by atoms with Gasteiger partial charge in [0, 0.05) is 25.3 Å². The first-order valence-corrected chi connectivity index (χ1v) is 7.24. The van der Waals surface area contributed by atoms with Crippen molar-refractivity contribution in [2.45, 2.75) is 34.3 Å². The summed E-state index contributed by atoms with van der Waals surface area (Å²) in [7, 11) is 1.66. The molecule has 4 heteroatoms. The molecule has 4 nitrogen and oxygen atoms in total. The number of methoxy groups -OCH3 is 1. The first kappa shape index (κ1) is 15.4. The molecule has 0 spiro atoms. The van der Waals surface area contributed by atoms with Gasteiger partial charge in [-0.2, -0.15) is 0 Å². The molecule has 1 aromatic heterocycles. The maximum Gasteiger partial charge on any atom is 0.157 e. The maximum absolute atomic E-state index is 5.18. The van der Waals surface area contributed by atoms with Crippen molar-refractivity contribution in [2.24, 2.45) is 0 Å². The van der Waals surface area contributed by atoms with Crippen molar-refractivity contribution in [1.29, 1.82) is 0 Å². The lowest BCUT2D eigenvalue weighted by molar-refractivity contribution is 0.178. The molecule has 1 aromatic carbocycles. The van der Waals surface area contributed by atoms with Gasteiger partial charge >= 0.3 is 0 Å². The largest absolute Gasteiger partial charge is 0.377 e. The molecule has 0 bridgehead atoms. The van der Waals surface area contributed by atoms with E-state index in [9.17, 15) is 0 Å². The van der Waals surface area contributed by atoms with E-state index in [1.54, 1.807) is 7.11 Å². The summed E-state index contributed by atoms with van der Waals surface area (Å²) in [6, 6.07) is 6.38. The normalized spacial score (nSPS) is 10.7. The van der Waals surface area contributed by atoms with Crippen molar-refractivity contribution in [3.63, 3.8) is 0 Å². The molecule has 0 amide bonds. The molecule has 1 heterocycles. The van der Waals surface area contributed by atoms with E-state index >= 15 is 0 Å². The molecule has 0 fully saturated rings. The predicted molar refractivity (Wildman–Crippen MR) is 86.6 cm³/mol. The highest BCUT2D eigenvalue weighted by Crippen LogP contribution is 2.28. The van der Waals surface area contributed by atoms with Crippen LogP contribution in [0.25, 0.3) is 11.3 Å². The molecule has 2 rings (SSSR count). The van der Waals surface area contributed by atoms with Crippen LogP contribution >= 0.6 is 0 Å². The van der Waals surface area contributed by atoms with Gasteiger partial charge in [-0.05, 0) is 38.8 Å². The molecule has 1 N–H and O–H groups in total. The fraction of sp³-hybridized carbons (Fsp3) is 0.412. The number of anilines is 1. The topological polar surface area (TPSA) is 47.0 Å². The highest BCUT2D eigenvalue weighted by Gasteiger charge is 2.11. The number of ether oxygens (including phenoxy) is 1. The molecular weight excluding hydrogens is 262 g/mol. The number of hydrogen-bond donors (Lipinski definition) is 1. The van der Waals surface area contributed by atoms with E-state index in [4.69, 9.17) is 4.74 Å². The number of rotatable bonds is 5. The van der Waals surface area contributed by atoms with Crippen LogP contribution in [0.2, 0.25) is 0 Å². The number of aryl methyl sites for hydroxylation is 3. The van der Waals surface area contributed by atoms with Crippen molar-refractivity contribution in [3.05, 3.63) is 40.7 Å². The van der Waals surface area contributed by atoms with Crippen LogP contribution in [0.4, 0.5) is 5.82 Å². The van der Waals surface area contributed by atoms with E-state index in [1.165, 1.54) is 22.3 Å². The Morgan fingerprint density at radius 3 is 2.29 bits per heavy atom. The van der Waals surface area contributed by atoms with Crippen molar-refractivity contribution in [2.75, 3.05) is 19.0 Å². The Morgan fingerprint density at radius 2 is 1.71 bits per heavy atom. The number of hydrogen-bond acceptors (Lipinski definition) is 4.